The van der Waals surface area contributed by atoms with Crippen LogP contribution in [-0.2, 0) is 9.47 Å². The largest absolute Gasteiger partial charge is 0.478 e. The number of carboxylic acid groups (broad SMARTS) is 3. The van der Waals surface area contributed by atoms with Gasteiger partial charge in [0.05, 0.1) is 41.0 Å². The quantitative estimate of drug-likeness (QED) is 0.158. The molecule has 0 saturated carbocycles. The summed E-state index contributed by atoms with van der Waals surface area (Å²) < 4.78 is 10.9. The van der Waals surface area contributed by atoms with Gasteiger partial charge in [0.2, 0.25) is 0 Å². The van der Waals surface area contributed by atoms with E-state index in [-0.39, 0.29) is 17.5 Å². The second kappa shape index (κ2) is 19.8. The molecule has 10 heteroatoms. The van der Waals surface area contributed by atoms with E-state index >= 15 is 0 Å². The summed E-state index contributed by atoms with van der Waals surface area (Å²) in [4.78, 5) is 56.2. The Morgan fingerprint density at radius 3 is 1.30 bits per heavy atom. The third-order valence-electron chi connectivity index (χ3n) is 7.07. The van der Waals surface area contributed by atoms with Gasteiger partial charge in [-0.2, -0.15) is 0 Å². The van der Waals surface area contributed by atoms with Gasteiger partial charge < -0.3 is 24.8 Å². The number of unbranched alkanes of at least 4 members (excludes halogenated alkanes) is 2. The van der Waals surface area contributed by atoms with Gasteiger partial charge in [0.1, 0.15) is 0 Å². The molecular weight excluding hydrogens is 556 g/mol. The summed E-state index contributed by atoms with van der Waals surface area (Å²) in [6, 6.07) is 9.36. The van der Waals surface area contributed by atoms with Crippen molar-refractivity contribution in [1.29, 1.82) is 0 Å². The summed E-state index contributed by atoms with van der Waals surface area (Å²) in [5.74, 6) is -4.04. The van der Waals surface area contributed by atoms with E-state index in [1.54, 1.807) is 24.3 Å². The maximum absolute atomic E-state index is 12.2. The highest BCUT2D eigenvalue weighted by molar-refractivity contribution is 6.03. The minimum Gasteiger partial charge on any atom is -0.478 e. The maximum atomic E-state index is 12.2. The van der Waals surface area contributed by atoms with E-state index in [9.17, 15) is 24.0 Å². The number of esters is 2. The lowest BCUT2D eigenvalue weighted by atomic mass is 10.0. The van der Waals surface area contributed by atoms with Gasteiger partial charge in [0.25, 0.3) is 0 Å². The molecule has 0 heterocycles. The van der Waals surface area contributed by atoms with Gasteiger partial charge in [0, 0.05) is 0 Å². The molecule has 43 heavy (non-hydrogen) atoms. The monoisotopic (exact) mass is 600 g/mol. The molecule has 2 unspecified atom stereocenters. The molecule has 0 fully saturated rings. The number of hydrogen-bond donors (Lipinski definition) is 3. The maximum Gasteiger partial charge on any atom is 0.338 e. The average molecular weight is 601 g/mol. The van der Waals surface area contributed by atoms with Crippen molar-refractivity contribution in [1.82, 2.24) is 0 Å². The third-order valence-corrected chi connectivity index (χ3v) is 7.07. The molecule has 0 bridgehead atoms. The van der Waals surface area contributed by atoms with Crippen LogP contribution in [0.3, 0.4) is 0 Å². The Hall–Kier alpha value is -4.21. The van der Waals surface area contributed by atoms with Gasteiger partial charge in [-0.1, -0.05) is 66.2 Å². The predicted molar refractivity (Wildman–Crippen MR) is 161 cm³/mol. The minimum absolute atomic E-state index is 0.266. The number of ether oxygens (including phenoxy) is 2. The molecule has 0 amide bonds. The summed E-state index contributed by atoms with van der Waals surface area (Å²) in [6.45, 7) is 9.49. The van der Waals surface area contributed by atoms with Gasteiger partial charge in [-0.3, -0.25) is 0 Å². The number of carbonyl (C=O) groups is 5. The smallest absolute Gasteiger partial charge is 0.338 e. The van der Waals surface area contributed by atoms with Crippen LogP contribution in [0.25, 0.3) is 0 Å². The highest BCUT2D eigenvalue weighted by atomic mass is 16.5. The van der Waals surface area contributed by atoms with Crippen molar-refractivity contribution in [3.8, 4) is 0 Å². The Morgan fingerprint density at radius 1 is 0.581 bits per heavy atom. The van der Waals surface area contributed by atoms with Crippen LogP contribution < -0.4 is 0 Å². The second-order valence-electron chi connectivity index (χ2n) is 10.3. The normalized spacial score (nSPS) is 11.8. The lowest BCUT2D eigenvalue weighted by Crippen LogP contribution is -2.15. The standard InChI is InChI=1S/C24H38O4.C9H6O6/c1-5-9-11-19(7-3)17-27-23(25)21-13-15-22(16-14-21)24(26)28-18-20(8-4)12-10-6-2;10-7(11)4-1-2-5(8(12)13)6(3-4)9(14)15/h13-16,19-20H,5-12,17-18H2,1-4H3;1-3H,(H,10,11)(H,12,13)(H,14,15). The molecule has 2 aromatic rings. The van der Waals surface area contributed by atoms with Crippen LogP contribution in [0.5, 0.6) is 0 Å². The van der Waals surface area contributed by atoms with Gasteiger partial charge in [-0.05, 0) is 67.1 Å². The van der Waals surface area contributed by atoms with Gasteiger partial charge in [0.15, 0.2) is 0 Å². The van der Waals surface area contributed by atoms with Crippen molar-refractivity contribution in [3.05, 3.63) is 70.3 Å². The van der Waals surface area contributed by atoms with Crippen molar-refractivity contribution in [2.75, 3.05) is 13.2 Å². The number of benzene rings is 2. The van der Waals surface area contributed by atoms with Crippen molar-refractivity contribution < 1.29 is 48.8 Å². The third kappa shape index (κ3) is 13.1. The summed E-state index contributed by atoms with van der Waals surface area (Å²) >= 11 is 0. The number of hydrogen-bond acceptors (Lipinski definition) is 7. The van der Waals surface area contributed by atoms with Crippen LogP contribution in [0.2, 0.25) is 0 Å². The van der Waals surface area contributed by atoms with Gasteiger partial charge >= 0.3 is 29.8 Å². The molecule has 2 atom stereocenters. The average Bonchev–Trinajstić information content (AvgIpc) is 3.00. The van der Waals surface area contributed by atoms with Crippen LogP contribution in [0.1, 0.15) is 131 Å². The Bertz CT molecular complexity index is 1150. The molecule has 0 radical (unpaired) electrons. The van der Waals surface area contributed by atoms with Crippen molar-refractivity contribution in [2.24, 2.45) is 11.8 Å². The van der Waals surface area contributed by atoms with E-state index in [2.05, 4.69) is 27.7 Å². The van der Waals surface area contributed by atoms with Crippen LogP contribution in [0, 0.1) is 11.8 Å². The molecule has 0 spiro atoms. The first-order valence-electron chi connectivity index (χ1n) is 14.8. The molecule has 0 saturated heterocycles. The van der Waals surface area contributed by atoms with E-state index in [0.717, 1.165) is 69.6 Å². The van der Waals surface area contributed by atoms with Crippen LogP contribution in [-0.4, -0.2) is 58.4 Å². The lowest BCUT2D eigenvalue weighted by Gasteiger charge is -2.15. The highest BCUT2D eigenvalue weighted by Crippen LogP contribution is 2.17. The fraction of sp³-hybridized carbons (Fsp3) is 0.485. The summed E-state index contributed by atoms with van der Waals surface area (Å²) in [5, 5.41) is 25.9. The zero-order valence-electron chi connectivity index (χ0n) is 25.5. The molecule has 0 aliphatic heterocycles. The summed E-state index contributed by atoms with van der Waals surface area (Å²) in [7, 11) is 0. The molecule has 0 aromatic heterocycles. The van der Waals surface area contributed by atoms with Crippen LogP contribution in [0.15, 0.2) is 42.5 Å². The van der Waals surface area contributed by atoms with E-state index in [4.69, 9.17) is 24.8 Å². The van der Waals surface area contributed by atoms with Crippen molar-refractivity contribution in [3.63, 3.8) is 0 Å². The fourth-order valence-corrected chi connectivity index (χ4v) is 4.13. The first-order valence-corrected chi connectivity index (χ1v) is 14.8. The Balaban J connectivity index is 0.000000517. The molecule has 0 aliphatic rings. The SMILES string of the molecule is CCCCC(CC)COC(=O)c1ccc(C(=O)OCC(CC)CCCC)cc1.O=C(O)c1ccc(C(=O)O)c(C(=O)O)c1. The van der Waals surface area contributed by atoms with E-state index < -0.39 is 29.0 Å². The van der Waals surface area contributed by atoms with Crippen LogP contribution in [0.4, 0.5) is 0 Å². The molecule has 10 nitrogen and oxygen atoms in total. The summed E-state index contributed by atoms with van der Waals surface area (Å²) in [5.41, 5.74) is -0.306. The minimum atomic E-state index is -1.48. The molecular formula is C33H44O10. The Kier molecular flexibility index (Phi) is 17.0. The fourth-order valence-electron chi connectivity index (χ4n) is 4.13. The molecule has 0 aliphatic carbocycles. The first kappa shape index (κ1) is 36.8. The Morgan fingerprint density at radius 2 is 0.977 bits per heavy atom. The topological polar surface area (TPSA) is 165 Å². The zero-order valence-corrected chi connectivity index (χ0v) is 25.5. The molecule has 2 aromatic carbocycles. The van der Waals surface area contributed by atoms with E-state index in [1.165, 1.54) is 0 Å². The number of aromatic carboxylic acids is 3. The first-order chi connectivity index (χ1) is 20.5. The van der Waals surface area contributed by atoms with Gasteiger partial charge in [-0.15, -0.1) is 0 Å². The molecule has 236 valence electrons. The van der Waals surface area contributed by atoms with Crippen molar-refractivity contribution >= 4 is 29.8 Å². The van der Waals surface area contributed by atoms with Crippen LogP contribution >= 0.6 is 0 Å². The van der Waals surface area contributed by atoms with E-state index in [1.807, 2.05) is 0 Å². The lowest BCUT2D eigenvalue weighted by molar-refractivity contribution is 0.0414. The Labute approximate surface area is 253 Å². The molecule has 2 rings (SSSR count). The highest BCUT2D eigenvalue weighted by Gasteiger charge is 2.18. The number of carbonyl (C=O) groups excluding carboxylic acids is 2. The number of rotatable bonds is 17. The summed E-state index contributed by atoms with van der Waals surface area (Å²) in [6.07, 6.45) is 8.81. The second-order valence-corrected chi connectivity index (χ2v) is 10.3. The van der Waals surface area contributed by atoms with Crippen molar-refractivity contribution in [2.45, 2.75) is 79.1 Å². The van der Waals surface area contributed by atoms with E-state index in [0.29, 0.717) is 36.2 Å². The zero-order chi connectivity index (χ0) is 32.4. The predicted octanol–water partition coefficient (Wildman–Crippen LogP) is 7.21. The number of carboxylic acids is 3. The van der Waals surface area contributed by atoms with Gasteiger partial charge in [-0.25, -0.2) is 24.0 Å². The molecule has 3 N–H and O–H groups in total.